The first kappa shape index (κ1) is 11.1. The summed E-state index contributed by atoms with van der Waals surface area (Å²) in [5, 5.41) is 7.68. The van der Waals surface area contributed by atoms with Crippen LogP contribution in [0.25, 0.3) is 0 Å². The lowest BCUT2D eigenvalue weighted by atomic mass is 10.7. The van der Waals surface area contributed by atoms with Crippen LogP contribution < -0.4 is 0 Å². The standard InChI is InChI=1S/C5H4F3IN2OS/c6-5(7,8)2-12-1-3-10-11-4(9)13-3/h1-2H2. The Morgan fingerprint density at radius 1 is 1.38 bits per heavy atom. The van der Waals surface area contributed by atoms with Gasteiger partial charge in [-0.2, -0.15) is 13.2 Å². The van der Waals surface area contributed by atoms with E-state index >= 15 is 0 Å². The average molecular weight is 324 g/mol. The first-order chi connectivity index (χ1) is 5.97. The van der Waals surface area contributed by atoms with Crippen molar-refractivity contribution in [1.82, 2.24) is 10.2 Å². The van der Waals surface area contributed by atoms with E-state index in [1.807, 2.05) is 22.6 Å². The molecular formula is C5H4F3IN2OS. The Balaban J connectivity index is 2.28. The fourth-order valence-electron chi connectivity index (χ4n) is 0.546. The highest BCUT2D eigenvalue weighted by Crippen LogP contribution is 2.17. The van der Waals surface area contributed by atoms with Crippen molar-refractivity contribution in [3.8, 4) is 0 Å². The van der Waals surface area contributed by atoms with Crippen LogP contribution in [0.1, 0.15) is 5.01 Å². The number of aromatic nitrogens is 2. The van der Waals surface area contributed by atoms with E-state index in [4.69, 9.17) is 0 Å². The zero-order chi connectivity index (χ0) is 9.90. The normalized spacial score (nSPS) is 12.0. The van der Waals surface area contributed by atoms with Crippen molar-refractivity contribution in [2.75, 3.05) is 6.61 Å². The van der Waals surface area contributed by atoms with Crippen LogP contribution in [0, 0.1) is 3.01 Å². The van der Waals surface area contributed by atoms with Crippen molar-refractivity contribution in [1.29, 1.82) is 0 Å². The quantitative estimate of drug-likeness (QED) is 0.800. The van der Waals surface area contributed by atoms with Crippen LogP contribution in [0.2, 0.25) is 0 Å². The number of ether oxygens (including phenoxy) is 1. The Morgan fingerprint density at radius 2 is 2.08 bits per heavy atom. The van der Waals surface area contributed by atoms with Gasteiger partial charge < -0.3 is 4.74 Å². The van der Waals surface area contributed by atoms with Gasteiger partial charge in [-0.3, -0.25) is 0 Å². The summed E-state index contributed by atoms with van der Waals surface area (Å²) < 4.78 is 39.9. The van der Waals surface area contributed by atoms with E-state index in [0.29, 0.717) is 8.02 Å². The molecule has 1 heterocycles. The lowest BCUT2D eigenvalue weighted by Crippen LogP contribution is -2.16. The van der Waals surface area contributed by atoms with Gasteiger partial charge in [0.25, 0.3) is 0 Å². The molecule has 0 aromatic carbocycles. The smallest absolute Gasteiger partial charge is 0.365 e. The second-order valence-corrected chi connectivity index (χ2v) is 4.87. The summed E-state index contributed by atoms with van der Waals surface area (Å²) in [5.41, 5.74) is 0. The minimum Gasteiger partial charge on any atom is -0.365 e. The molecule has 1 aromatic heterocycles. The number of hydrogen-bond donors (Lipinski definition) is 0. The molecule has 0 aliphatic heterocycles. The maximum atomic E-state index is 11.6. The van der Waals surface area contributed by atoms with Crippen LogP contribution in [0.3, 0.4) is 0 Å². The Bertz CT molecular complexity index is 277. The molecule has 0 aliphatic rings. The number of hydrogen-bond acceptors (Lipinski definition) is 4. The molecule has 0 radical (unpaired) electrons. The van der Waals surface area contributed by atoms with E-state index in [1.165, 1.54) is 11.3 Å². The molecule has 8 heteroatoms. The molecular weight excluding hydrogens is 320 g/mol. The monoisotopic (exact) mass is 324 g/mol. The predicted octanol–water partition coefficient (Wildman–Crippen LogP) is 2.22. The van der Waals surface area contributed by atoms with E-state index in [0.717, 1.165) is 0 Å². The average Bonchev–Trinajstić information content (AvgIpc) is 2.33. The van der Waals surface area contributed by atoms with Crippen LogP contribution in [-0.4, -0.2) is 23.0 Å². The highest BCUT2D eigenvalue weighted by atomic mass is 127. The molecule has 1 rings (SSSR count). The van der Waals surface area contributed by atoms with Gasteiger partial charge in [-0.1, -0.05) is 11.3 Å². The molecule has 3 nitrogen and oxygen atoms in total. The zero-order valence-corrected chi connectivity index (χ0v) is 9.11. The van der Waals surface area contributed by atoms with Crippen molar-refractivity contribution in [3.05, 3.63) is 8.02 Å². The lowest BCUT2D eigenvalue weighted by Gasteiger charge is -2.04. The molecule has 74 valence electrons. The van der Waals surface area contributed by atoms with E-state index in [2.05, 4.69) is 14.9 Å². The van der Waals surface area contributed by atoms with Crippen LogP contribution >= 0.6 is 33.9 Å². The Labute approximate surface area is 89.4 Å². The van der Waals surface area contributed by atoms with Gasteiger partial charge in [-0.25, -0.2) is 0 Å². The summed E-state index contributed by atoms with van der Waals surface area (Å²) in [5.74, 6) is 0. The minimum atomic E-state index is -4.28. The van der Waals surface area contributed by atoms with Gasteiger partial charge in [0.1, 0.15) is 18.2 Å². The third-order valence-corrected chi connectivity index (χ3v) is 2.50. The Morgan fingerprint density at radius 3 is 2.54 bits per heavy atom. The highest BCUT2D eigenvalue weighted by molar-refractivity contribution is 14.1. The summed E-state index contributed by atoms with van der Waals surface area (Å²) in [6.07, 6.45) is -4.28. The van der Waals surface area contributed by atoms with Gasteiger partial charge in [0.2, 0.25) is 0 Å². The number of halogens is 4. The first-order valence-corrected chi connectivity index (χ1v) is 4.99. The second kappa shape index (κ2) is 4.51. The van der Waals surface area contributed by atoms with E-state index in [1.54, 1.807) is 0 Å². The summed E-state index contributed by atoms with van der Waals surface area (Å²) in [6, 6.07) is 0. The van der Waals surface area contributed by atoms with E-state index in [9.17, 15) is 13.2 Å². The van der Waals surface area contributed by atoms with Crippen LogP contribution in [0.5, 0.6) is 0 Å². The molecule has 0 fully saturated rings. The first-order valence-electron chi connectivity index (χ1n) is 3.10. The molecule has 0 saturated heterocycles. The van der Waals surface area contributed by atoms with Crippen LogP contribution in [0.15, 0.2) is 0 Å². The summed E-state index contributed by atoms with van der Waals surface area (Å²) in [6.45, 7) is -1.39. The maximum absolute atomic E-state index is 11.6. The largest absolute Gasteiger partial charge is 0.411 e. The maximum Gasteiger partial charge on any atom is 0.411 e. The van der Waals surface area contributed by atoms with Crippen molar-refractivity contribution < 1.29 is 17.9 Å². The summed E-state index contributed by atoms with van der Waals surface area (Å²) in [7, 11) is 0. The summed E-state index contributed by atoms with van der Waals surface area (Å²) >= 11 is 3.15. The molecule has 0 atom stereocenters. The number of alkyl halides is 3. The molecule has 13 heavy (non-hydrogen) atoms. The molecule has 0 unspecified atom stereocenters. The zero-order valence-electron chi connectivity index (χ0n) is 6.14. The predicted molar refractivity (Wildman–Crippen MR) is 48.3 cm³/mol. The molecule has 0 bridgehead atoms. The van der Waals surface area contributed by atoms with Gasteiger partial charge in [0.15, 0.2) is 3.01 Å². The molecule has 0 aliphatic carbocycles. The molecule has 0 N–H and O–H groups in total. The summed E-state index contributed by atoms with van der Waals surface area (Å²) in [4.78, 5) is 0. The molecule has 0 saturated carbocycles. The fraction of sp³-hybridized carbons (Fsp3) is 0.600. The van der Waals surface area contributed by atoms with E-state index < -0.39 is 12.8 Å². The topological polar surface area (TPSA) is 35.0 Å². The van der Waals surface area contributed by atoms with Crippen molar-refractivity contribution >= 4 is 33.9 Å². The third kappa shape index (κ3) is 4.72. The SMILES string of the molecule is FC(F)(F)COCc1nnc(I)s1. The fourth-order valence-corrected chi connectivity index (χ4v) is 1.92. The third-order valence-electron chi connectivity index (χ3n) is 0.933. The molecule has 0 spiro atoms. The van der Waals surface area contributed by atoms with Crippen molar-refractivity contribution in [2.45, 2.75) is 12.8 Å². The van der Waals surface area contributed by atoms with Gasteiger partial charge in [0.05, 0.1) is 0 Å². The second-order valence-electron chi connectivity index (χ2n) is 2.06. The van der Waals surface area contributed by atoms with E-state index in [-0.39, 0.29) is 6.61 Å². The minimum absolute atomic E-state index is 0.139. The lowest BCUT2D eigenvalue weighted by molar-refractivity contribution is -0.176. The van der Waals surface area contributed by atoms with Gasteiger partial charge in [-0.15, -0.1) is 10.2 Å². The highest BCUT2D eigenvalue weighted by Gasteiger charge is 2.27. The van der Waals surface area contributed by atoms with Crippen molar-refractivity contribution in [2.24, 2.45) is 0 Å². The molecule has 0 amide bonds. The van der Waals surface area contributed by atoms with Gasteiger partial charge in [0, 0.05) is 0 Å². The number of nitrogens with zero attached hydrogens (tertiary/aromatic N) is 2. The number of rotatable bonds is 3. The Kier molecular flexibility index (Phi) is 3.86. The van der Waals surface area contributed by atoms with Gasteiger partial charge >= 0.3 is 6.18 Å². The van der Waals surface area contributed by atoms with Gasteiger partial charge in [-0.05, 0) is 22.6 Å². The molecule has 1 aromatic rings. The Hall–Kier alpha value is 0.0400. The van der Waals surface area contributed by atoms with Crippen LogP contribution in [-0.2, 0) is 11.3 Å². The van der Waals surface area contributed by atoms with Crippen molar-refractivity contribution in [3.63, 3.8) is 0 Å². The van der Waals surface area contributed by atoms with Crippen LogP contribution in [0.4, 0.5) is 13.2 Å².